The molecule has 136 valence electrons. The maximum absolute atomic E-state index is 13.1. The average molecular weight is 368 g/mol. The molecule has 1 aliphatic rings. The third-order valence-corrected chi connectivity index (χ3v) is 6.70. The predicted octanol–water partition coefficient (Wildman–Crippen LogP) is 4.52. The van der Waals surface area contributed by atoms with Crippen LogP contribution < -0.4 is 4.90 Å². The monoisotopic (exact) mass is 367 g/mol. The van der Waals surface area contributed by atoms with Crippen molar-refractivity contribution < 1.29 is 4.21 Å². The van der Waals surface area contributed by atoms with Gasteiger partial charge in [0.25, 0.3) is 0 Å². The van der Waals surface area contributed by atoms with Gasteiger partial charge in [-0.15, -0.1) is 0 Å². The van der Waals surface area contributed by atoms with Crippen LogP contribution in [0.15, 0.2) is 54.9 Å². The number of rotatable bonds is 5. The molecule has 26 heavy (non-hydrogen) atoms. The maximum Gasteiger partial charge on any atom is 0.129 e. The van der Waals surface area contributed by atoms with Crippen molar-refractivity contribution >= 4 is 27.7 Å². The first-order chi connectivity index (χ1) is 12.7. The lowest BCUT2D eigenvalue weighted by molar-refractivity contribution is 0.427. The van der Waals surface area contributed by atoms with Crippen LogP contribution >= 0.6 is 0 Å². The van der Waals surface area contributed by atoms with E-state index in [9.17, 15) is 4.21 Å². The van der Waals surface area contributed by atoms with Gasteiger partial charge in [-0.3, -0.25) is 0 Å². The van der Waals surface area contributed by atoms with E-state index in [2.05, 4.69) is 35.1 Å². The molecule has 0 bridgehead atoms. The highest BCUT2D eigenvalue weighted by molar-refractivity contribution is 7.82. The van der Waals surface area contributed by atoms with E-state index in [-0.39, 0.29) is 0 Å². The van der Waals surface area contributed by atoms with E-state index in [4.69, 9.17) is 0 Å². The van der Waals surface area contributed by atoms with Crippen molar-refractivity contribution in [2.24, 2.45) is 0 Å². The Morgan fingerprint density at radius 1 is 1.08 bits per heavy atom. The topological polar surface area (TPSA) is 38.1 Å². The van der Waals surface area contributed by atoms with E-state index in [0.717, 1.165) is 16.6 Å². The number of para-hydroxylation sites is 3. The third kappa shape index (κ3) is 3.40. The highest BCUT2D eigenvalue weighted by Crippen LogP contribution is 2.29. The summed E-state index contributed by atoms with van der Waals surface area (Å²) in [4.78, 5) is 6.77. The van der Waals surface area contributed by atoms with Crippen molar-refractivity contribution in [3.63, 3.8) is 0 Å². The minimum atomic E-state index is -1.18. The van der Waals surface area contributed by atoms with Crippen molar-refractivity contribution in [1.82, 2.24) is 8.96 Å². The molecule has 3 aromatic rings. The Morgan fingerprint density at radius 3 is 2.65 bits per heavy atom. The molecule has 0 amide bonds. The zero-order chi connectivity index (χ0) is 17.9. The first-order valence-corrected chi connectivity index (χ1v) is 10.6. The van der Waals surface area contributed by atoms with Crippen molar-refractivity contribution in [1.29, 1.82) is 0 Å². The molecule has 1 fully saturated rings. The zero-order valence-electron chi connectivity index (χ0n) is 15.2. The average Bonchev–Trinajstić information content (AvgIpc) is 3.13. The van der Waals surface area contributed by atoms with E-state index in [1.165, 1.54) is 37.8 Å². The molecule has 1 atom stereocenters. The lowest BCUT2D eigenvalue weighted by Gasteiger charge is -2.34. The first-order valence-electron chi connectivity index (χ1n) is 9.36. The van der Waals surface area contributed by atoms with Gasteiger partial charge in [0.1, 0.15) is 17.3 Å². The van der Waals surface area contributed by atoms with Gasteiger partial charge in [0.15, 0.2) is 0 Å². The van der Waals surface area contributed by atoms with Crippen molar-refractivity contribution in [2.75, 3.05) is 11.9 Å². The molecule has 1 heterocycles. The minimum absolute atomic E-state index is 0.494. The Kier molecular flexibility index (Phi) is 5.07. The first kappa shape index (κ1) is 17.3. The molecule has 0 aliphatic heterocycles. The van der Waals surface area contributed by atoms with Gasteiger partial charge in [0.2, 0.25) is 0 Å². The van der Waals surface area contributed by atoms with Crippen LogP contribution in [0.3, 0.4) is 0 Å². The van der Waals surface area contributed by atoms with E-state index < -0.39 is 11.0 Å². The molecule has 1 saturated carbocycles. The second-order valence-corrected chi connectivity index (χ2v) is 8.38. The summed E-state index contributed by atoms with van der Waals surface area (Å²) in [5.74, 6) is 0.494. The molecule has 1 unspecified atom stereocenters. The van der Waals surface area contributed by atoms with Gasteiger partial charge in [-0.25, -0.2) is 13.2 Å². The standard InChI is InChI=1S/C21H25N3OS/c1-23(18-10-3-2-4-11-18)20-13-7-5-9-17(20)15-26(25)24-16-22-19-12-6-8-14-21(19)24/h5-9,12-14,16,18H,2-4,10-11,15H2,1H3. The smallest absolute Gasteiger partial charge is 0.129 e. The molecule has 0 N–H and O–H groups in total. The van der Waals surface area contributed by atoms with Gasteiger partial charge in [0, 0.05) is 18.8 Å². The fourth-order valence-corrected chi connectivity index (χ4v) is 5.12. The number of nitrogens with zero attached hydrogens (tertiary/aromatic N) is 3. The summed E-state index contributed by atoms with van der Waals surface area (Å²) in [5, 5.41) is 0. The quantitative estimate of drug-likeness (QED) is 0.665. The molecule has 4 rings (SSSR count). The largest absolute Gasteiger partial charge is 0.371 e. The van der Waals surface area contributed by atoms with E-state index in [1.807, 2.05) is 30.3 Å². The number of imidazole rings is 1. The fourth-order valence-electron chi connectivity index (χ4n) is 3.94. The van der Waals surface area contributed by atoms with Crippen LogP contribution in [0, 0.1) is 0 Å². The number of fused-ring (bicyclic) bond motifs is 1. The van der Waals surface area contributed by atoms with Crippen LogP contribution in [-0.2, 0) is 16.7 Å². The lowest BCUT2D eigenvalue weighted by Crippen LogP contribution is -2.34. The molecule has 1 aliphatic carbocycles. The highest BCUT2D eigenvalue weighted by atomic mass is 32.2. The molecule has 0 saturated heterocycles. The van der Waals surface area contributed by atoms with Crippen LogP contribution in [0.1, 0.15) is 37.7 Å². The van der Waals surface area contributed by atoms with Crippen LogP contribution in [0.4, 0.5) is 5.69 Å². The number of hydrogen-bond donors (Lipinski definition) is 0. The summed E-state index contributed by atoms with van der Waals surface area (Å²) < 4.78 is 14.8. The Balaban J connectivity index is 1.59. The molecular weight excluding hydrogens is 342 g/mol. The normalized spacial score (nSPS) is 16.7. The molecule has 0 radical (unpaired) electrons. The summed E-state index contributed by atoms with van der Waals surface area (Å²) in [6.07, 6.45) is 8.16. The fraction of sp³-hybridized carbons (Fsp3) is 0.381. The number of hydrogen-bond acceptors (Lipinski definition) is 3. The number of aromatic nitrogens is 2. The molecule has 1 aromatic heterocycles. The van der Waals surface area contributed by atoms with Crippen molar-refractivity contribution in [3.05, 3.63) is 60.4 Å². The van der Waals surface area contributed by atoms with Gasteiger partial charge in [-0.1, -0.05) is 49.6 Å². The highest BCUT2D eigenvalue weighted by Gasteiger charge is 2.21. The molecular formula is C21H25N3OS. The molecule has 4 nitrogen and oxygen atoms in total. The maximum atomic E-state index is 13.1. The number of benzene rings is 2. The Bertz CT molecular complexity index is 914. The van der Waals surface area contributed by atoms with Crippen LogP contribution in [0.5, 0.6) is 0 Å². The Morgan fingerprint density at radius 2 is 1.81 bits per heavy atom. The molecule has 0 spiro atoms. The van der Waals surface area contributed by atoms with Crippen molar-refractivity contribution in [2.45, 2.75) is 43.9 Å². The Labute approximate surface area is 157 Å². The van der Waals surface area contributed by atoms with E-state index in [1.54, 1.807) is 10.3 Å². The summed E-state index contributed by atoms with van der Waals surface area (Å²) in [6, 6.07) is 16.8. The summed E-state index contributed by atoms with van der Waals surface area (Å²) in [6.45, 7) is 0. The Hall–Kier alpha value is -2.14. The van der Waals surface area contributed by atoms with Crippen LogP contribution in [0.25, 0.3) is 11.0 Å². The summed E-state index contributed by atoms with van der Waals surface area (Å²) in [7, 11) is 1.00. The third-order valence-electron chi connectivity index (χ3n) is 5.41. The van der Waals surface area contributed by atoms with E-state index in [0.29, 0.717) is 11.8 Å². The predicted molar refractivity (Wildman–Crippen MR) is 109 cm³/mol. The molecule has 2 aromatic carbocycles. The second kappa shape index (κ2) is 7.62. The zero-order valence-corrected chi connectivity index (χ0v) is 16.0. The SMILES string of the molecule is CN(c1ccccc1CS(=O)n1cnc2ccccc21)C1CCCCC1. The second-order valence-electron chi connectivity index (χ2n) is 7.06. The lowest BCUT2D eigenvalue weighted by atomic mass is 9.94. The van der Waals surface area contributed by atoms with Gasteiger partial charge in [-0.2, -0.15) is 0 Å². The molecule has 5 heteroatoms. The van der Waals surface area contributed by atoms with Gasteiger partial charge >= 0.3 is 0 Å². The van der Waals surface area contributed by atoms with Crippen LogP contribution in [0.2, 0.25) is 0 Å². The van der Waals surface area contributed by atoms with Gasteiger partial charge in [-0.05, 0) is 36.6 Å². The van der Waals surface area contributed by atoms with Crippen molar-refractivity contribution in [3.8, 4) is 0 Å². The van der Waals surface area contributed by atoms with Crippen LogP contribution in [-0.4, -0.2) is 26.3 Å². The van der Waals surface area contributed by atoms with Gasteiger partial charge in [0.05, 0.1) is 16.8 Å². The minimum Gasteiger partial charge on any atom is -0.371 e. The van der Waals surface area contributed by atoms with E-state index >= 15 is 0 Å². The summed E-state index contributed by atoms with van der Waals surface area (Å²) >= 11 is 0. The van der Waals surface area contributed by atoms with Gasteiger partial charge < -0.3 is 4.90 Å². The summed E-state index contributed by atoms with van der Waals surface area (Å²) in [5.41, 5.74) is 4.14. The number of anilines is 1.